The lowest BCUT2D eigenvalue weighted by atomic mass is 9.95. The Balaban J connectivity index is 1.80. The molecule has 2 aromatic carbocycles. The lowest BCUT2D eigenvalue weighted by molar-refractivity contribution is 0.0322. The molecule has 1 fully saturated rings. The summed E-state index contributed by atoms with van der Waals surface area (Å²) in [5.41, 5.74) is 4.16. The van der Waals surface area contributed by atoms with Crippen molar-refractivity contribution >= 4 is 5.57 Å². The van der Waals surface area contributed by atoms with Gasteiger partial charge in [0, 0.05) is 30.8 Å². The Hall–Kier alpha value is -2.17. The minimum absolute atomic E-state index is 0.268. The summed E-state index contributed by atoms with van der Waals surface area (Å²) >= 11 is 0. The molecule has 0 radical (unpaired) electrons. The summed E-state index contributed by atoms with van der Waals surface area (Å²) in [6, 6.07) is 10.8. The molecule has 1 heterocycles. The van der Waals surface area contributed by atoms with E-state index < -0.39 is 0 Å². The fraction of sp³-hybridized carbons (Fsp3) is 0.364. The van der Waals surface area contributed by atoms with E-state index in [1.165, 1.54) is 6.07 Å². The van der Waals surface area contributed by atoms with E-state index in [2.05, 4.69) is 17.5 Å². The van der Waals surface area contributed by atoms with Crippen LogP contribution in [-0.2, 0) is 4.74 Å². The zero-order valence-corrected chi connectivity index (χ0v) is 15.6. The molecule has 3 nitrogen and oxygen atoms in total. The summed E-state index contributed by atoms with van der Waals surface area (Å²) < 4.78 is 25.8. The van der Waals surface area contributed by atoms with Gasteiger partial charge in [-0.2, -0.15) is 0 Å². The fourth-order valence-corrected chi connectivity index (χ4v) is 3.32. The number of nitrogens with zero attached hydrogens (tertiary/aromatic N) is 1. The van der Waals surface area contributed by atoms with Gasteiger partial charge in [0.05, 0.1) is 13.2 Å². The lowest BCUT2D eigenvalue weighted by Crippen LogP contribution is -2.38. The Morgan fingerprint density at radius 3 is 2.62 bits per heavy atom. The van der Waals surface area contributed by atoms with Crippen molar-refractivity contribution in [2.45, 2.75) is 13.8 Å². The number of benzene rings is 2. The van der Waals surface area contributed by atoms with Crippen LogP contribution in [0, 0.1) is 19.7 Å². The molecule has 3 rings (SSSR count). The second-order valence-electron chi connectivity index (χ2n) is 6.72. The Labute approximate surface area is 155 Å². The summed E-state index contributed by atoms with van der Waals surface area (Å²) in [6.45, 7) is 13.1. The van der Waals surface area contributed by atoms with Gasteiger partial charge in [-0.15, -0.1) is 0 Å². The number of hydrogen-bond donors (Lipinski definition) is 0. The topological polar surface area (TPSA) is 21.7 Å². The third-order valence-corrected chi connectivity index (χ3v) is 4.70. The van der Waals surface area contributed by atoms with Crippen LogP contribution in [0.3, 0.4) is 0 Å². The SMILES string of the molecule is C=C(c1ccccc1F)c1cc(C)cc(C)c1OCCN1CCOCC1. The highest BCUT2D eigenvalue weighted by Crippen LogP contribution is 2.34. The summed E-state index contributed by atoms with van der Waals surface area (Å²) in [5.74, 6) is 0.521. The second kappa shape index (κ2) is 8.47. The summed E-state index contributed by atoms with van der Waals surface area (Å²) in [4.78, 5) is 2.33. The molecule has 1 saturated heterocycles. The van der Waals surface area contributed by atoms with Gasteiger partial charge in [0.15, 0.2) is 0 Å². The molecule has 1 aliphatic rings. The van der Waals surface area contributed by atoms with E-state index in [9.17, 15) is 4.39 Å². The number of rotatable bonds is 6. The highest BCUT2D eigenvalue weighted by Gasteiger charge is 2.16. The molecule has 0 unspecified atom stereocenters. The number of ether oxygens (including phenoxy) is 2. The Kier molecular flexibility index (Phi) is 6.07. The maximum absolute atomic E-state index is 14.2. The van der Waals surface area contributed by atoms with Crippen LogP contribution in [0.25, 0.3) is 5.57 Å². The van der Waals surface area contributed by atoms with Gasteiger partial charge in [-0.05, 0) is 42.7 Å². The first-order valence-corrected chi connectivity index (χ1v) is 9.04. The van der Waals surface area contributed by atoms with Crippen LogP contribution in [0.2, 0.25) is 0 Å². The summed E-state index contributed by atoms with van der Waals surface area (Å²) in [6.07, 6.45) is 0. The van der Waals surface area contributed by atoms with Gasteiger partial charge in [-0.1, -0.05) is 30.8 Å². The zero-order chi connectivity index (χ0) is 18.5. The Bertz CT molecular complexity index is 782. The molecule has 0 spiro atoms. The van der Waals surface area contributed by atoms with E-state index in [1.807, 2.05) is 26.0 Å². The van der Waals surface area contributed by atoms with Crippen molar-refractivity contribution in [3.8, 4) is 5.75 Å². The van der Waals surface area contributed by atoms with Crippen LogP contribution in [-0.4, -0.2) is 44.4 Å². The van der Waals surface area contributed by atoms with Crippen LogP contribution >= 0.6 is 0 Å². The van der Waals surface area contributed by atoms with Crippen molar-refractivity contribution in [1.82, 2.24) is 4.90 Å². The maximum Gasteiger partial charge on any atom is 0.131 e. The van der Waals surface area contributed by atoms with Crippen LogP contribution in [0.5, 0.6) is 5.75 Å². The average Bonchev–Trinajstić information content (AvgIpc) is 2.64. The zero-order valence-electron chi connectivity index (χ0n) is 15.6. The molecule has 0 atom stereocenters. The van der Waals surface area contributed by atoms with Crippen molar-refractivity contribution in [3.63, 3.8) is 0 Å². The van der Waals surface area contributed by atoms with Crippen molar-refractivity contribution in [3.05, 3.63) is 71.0 Å². The van der Waals surface area contributed by atoms with Crippen molar-refractivity contribution < 1.29 is 13.9 Å². The normalized spacial score (nSPS) is 15.0. The van der Waals surface area contributed by atoms with E-state index in [1.54, 1.807) is 12.1 Å². The Morgan fingerprint density at radius 2 is 1.88 bits per heavy atom. The minimum atomic E-state index is -0.268. The number of morpholine rings is 1. The van der Waals surface area contributed by atoms with Crippen LogP contribution < -0.4 is 4.74 Å². The van der Waals surface area contributed by atoms with Gasteiger partial charge < -0.3 is 9.47 Å². The van der Waals surface area contributed by atoms with E-state index >= 15 is 0 Å². The first kappa shape index (κ1) is 18.6. The molecule has 138 valence electrons. The van der Waals surface area contributed by atoms with Gasteiger partial charge in [0.25, 0.3) is 0 Å². The fourth-order valence-electron chi connectivity index (χ4n) is 3.32. The van der Waals surface area contributed by atoms with Crippen LogP contribution in [0.4, 0.5) is 4.39 Å². The first-order valence-electron chi connectivity index (χ1n) is 9.04. The van der Waals surface area contributed by atoms with Crippen molar-refractivity contribution in [2.75, 3.05) is 39.5 Å². The molecule has 0 bridgehead atoms. The Morgan fingerprint density at radius 1 is 1.15 bits per heavy atom. The van der Waals surface area contributed by atoms with Crippen LogP contribution in [0.1, 0.15) is 22.3 Å². The van der Waals surface area contributed by atoms with E-state index in [4.69, 9.17) is 9.47 Å². The molecule has 0 N–H and O–H groups in total. The third kappa shape index (κ3) is 4.32. The molecule has 4 heteroatoms. The van der Waals surface area contributed by atoms with E-state index in [0.717, 1.165) is 55.3 Å². The van der Waals surface area contributed by atoms with Crippen LogP contribution in [0.15, 0.2) is 43.0 Å². The van der Waals surface area contributed by atoms with E-state index in [0.29, 0.717) is 17.7 Å². The quantitative estimate of drug-likeness (QED) is 0.775. The third-order valence-electron chi connectivity index (χ3n) is 4.70. The monoisotopic (exact) mass is 355 g/mol. The van der Waals surface area contributed by atoms with Gasteiger partial charge in [0.1, 0.15) is 18.2 Å². The predicted octanol–water partition coefficient (Wildman–Crippen LogP) is 4.22. The smallest absolute Gasteiger partial charge is 0.131 e. The number of hydrogen-bond acceptors (Lipinski definition) is 3. The highest BCUT2D eigenvalue weighted by atomic mass is 19.1. The maximum atomic E-state index is 14.2. The molecule has 0 saturated carbocycles. The molecular weight excluding hydrogens is 329 g/mol. The molecule has 2 aromatic rings. The second-order valence-corrected chi connectivity index (χ2v) is 6.72. The van der Waals surface area contributed by atoms with E-state index in [-0.39, 0.29) is 5.82 Å². The van der Waals surface area contributed by atoms with Gasteiger partial charge >= 0.3 is 0 Å². The minimum Gasteiger partial charge on any atom is -0.491 e. The standard InChI is InChI=1S/C22H26FNO2/c1-16-14-17(2)22(26-13-10-24-8-11-25-12-9-24)20(15-16)18(3)19-6-4-5-7-21(19)23/h4-7,14-15H,3,8-13H2,1-2H3. The highest BCUT2D eigenvalue weighted by molar-refractivity contribution is 5.82. The van der Waals surface area contributed by atoms with Gasteiger partial charge in [-0.25, -0.2) is 4.39 Å². The molecule has 0 aliphatic carbocycles. The molecule has 0 amide bonds. The average molecular weight is 355 g/mol. The lowest BCUT2D eigenvalue weighted by Gasteiger charge is -2.27. The molecule has 0 aromatic heterocycles. The predicted molar refractivity (Wildman–Crippen MR) is 103 cm³/mol. The molecular formula is C22H26FNO2. The largest absolute Gasteiger partial charge is 0.491 e. The number of halogens is 1. The van der Waals surface area contributed by atoms with Gasteiger partial charge in [0.2, 0.25) is 0 Å². The number of aryl methyl sites for hydroxylation is 2. The van der Waals surface area contributed by atoms with Gasteiger partial charge in [-0.3, -0.25) is 4.90 Å². The van der Waals surface area contributed by atoms with Crippen molar-refractivity contribution in [1.29, 1.82) is 0 Å². The summed E-state index contributed by atoms with van der Waals surface area (Å²) in [5, 5.41) is 0. The molecule has 1 aliphatic heterocycles. The van der Waals surface area contributed by atoms with Crippen molar-refractivity contribution in [2.24, 2.45) is 0 Å². The summed E-state index contributed by atoms with van der Waals surface area (Å²) in [7, 11) is 0. The first-order chi connectivity index (χ1) is 12.6. The molecule has 26 heavy (non-hydrogen) atoms.